The number of unbranched alkanes of at least 4 members (excludes halogenated alkanes) is 1. The normalized spacial score (nSPS) is 12.2. The Morgan fingerprint density at radius 3 is 2.41 bits per heavy atom. The highest BCUT2D eigenvalue weighted by Gasteiger charge is 2.35. The zero-order chi connectivity index (χ0) is 24.4. The van der Waals surface area contributed by atoms with Gasteiger partial charge in [0, 0.05) is 26.7 Å². The number of rotatable bonds is 7. The highest BCUT2D eigenvalue weighted by molar-refractivity contribution is 7.87. The third kappa shape index (κ3) is 5.40. The van der Waals surface area contributed by atoms with Crippen LogP contribution < -0.4 is 16.0 Å². The maximum Gasteiger partial charge on any atom is 0.431 e. The van der Waals surface area contributed by atoms with E-state index < -0.39 is 44.8 Å². The Hall–Kier alpha value is -2.64. The van der Waals surface area contributed by atoms with E-state index in [2.05, 4.69) is 0 Å². The molecule has 0 aliphatic heterocycles. The summed E-state index contributed by atoms with van der Waals surface area (Å²) in [4.78, 5) is 37.2. The van der Waals surface area contributed by atoms with E-state index >= 15 is 0 Å². The molecule has 2 aromatic rings. The van der Waals surface area contributed by atoms with E-state index in [4.69, 9.17) is 11.6 Å². The van der Waals surface area contributed by atoms with Crippen LogP contribution in [0.4, 0.5) is 13.2 Å². The molecule has 0 radical (unpaired) electrons. The molecule has 32 heavy (non-hydrogen) atoms. The maximum atomic E-state index is 13.0. The van der Waals surface area contributed by atoms with Gasteiger partial charge in [0.2, 0.25) is 0 Å². The van der Waals surface area contributed by atoms with Gasteiger partial charge in [-0.2, -0.15) is 25.9 Å². The predicted octanol–water partition coefficient (Wildman–Crippen LogP) is 1.91. The van der Waals surface area contributed by atoms with Crippen molar-refractivity contribution in [3.8, 4) is 5.69 Å². The fourth-order valence-electron chi connectivity index (χ4n) is 2.71. The molecule has 0 saturated carbocycles. The van der Waals surface area contributed by atoms with Crippen molar-refractivity contribution in [1.29, 1.82) is 0 Å². The van der Waals surface area contributed by atoms with Gasteiger partial charge in [-0.15, -0.1) is 0 Å². The smallest absolute Gasteiger partial charge is 0.292 e. The largest absolute Gasteiger partial charge is 0.431 e. The molecule has 0 aliphatic rings. The number of nitrogens with zero attached hydrogens (tertiary/aromatic N) is 3. The standard InChI is InChI=1S/C18H20ClF3N4O5S/c1-4-5-8-24(2)32(30,31)23-16(28)12-9-11(6-7-13(12)19)26-15(27)10-14(18(20,21)22)25(3)17(26)29/h6-7,9-10H,4-5,8H2,1-3H3,(H,23,28). The van der Waals surface area contributed by atoms with Crippen LogP contribution in [-0.4, -0.2) is 41.4 Å². The molecular weight excluding hydrogens is 477 g/mol. The van der Waals surface area contributed by atoms with E-state index in [0.29, 0.717) is 11.0 Å². The lowest BCUT2D eigenvalue weighted by atomic mass is 10.2. The Kier molecular flexibility index (Phi) is 7.58. The molecule has 9 nitrogen and oxygen atoms in total. The summed E-state index contributed by atoms with van der Waals surface area (Å²) in [6.07, 6.45) is -3.66. The van der Waals surface area contributed by atoms with Crippen LogP contribution >= 0.6 is 11.6 Å². The van der Waals surface area contributed by atoms with Gasteiger partial charge in [0.15, 0.2) is 0 Å². The monoisotopic (exact) mass is 496 g/mol. The van der Waals surface area contributed by atoms with Crippen LogP contribution in [0.3, 0.4) is 0 Å². The van der Waals surface area contributed by atoms with Crippen LogP contribution in [0.25, 0.3) is 5.69 Å². The molecule has 1 aromatic heterocycles. The quantitative estimate of drug-likeness (QED) is 0.629. The molecular formula is C18H20ClF3N4O5S. The number of hydrogen-bond acceptors (Lipinski definition) is 5. The van der Waals surface area contributed by atoms with E-state index in [1.165, 1.54) is 7.05 Å². The Bertz CT molecular complexity index is 1250. The summed E-state index contributed by atoms with van der Waals surface area (Å²) in [5.74, 6) is -1.14. The number of hydrogen-bond donors (Lipinski definition) is 1. The average molecular weight is 497 g/mol. The van der Waals surface area contributed by atoms with Crippen molar-refractivity contribution in [2.45, 2.75) is 25.9 Å². The molecule has 0 atom stereocenters. The van der Waals surface area contributed by atoms with Gasteiger partial charge in [-0.3, -0.25) is 14.2 Å². The molecule has 0 aliphatic carbocycles. The molecule has 14 heteroatoms. The van der Waals surface area contributed by atoms with Gasteiger partial charge in [0.25, 0.3) is 11.5 Å². The first-order valence-corrected chi connectivity index (χ1v) is 11.0. The van der Waals surface area contributed by atoms with Crippen LogP contribution in [-0.2, 0) is 23.4 Å². The van der Waals surface area contributed by atoms with Crippen molar-refractivity contribution in [3.63, 3.8) is 0 Å². The Morgan fingerprint density at radius 1 is 1.22 bits per heavy atom. The number of alkyl halides is 3. The third-order valence-electron chi connectivity index (χ3n) is 4.52. The van der Waals surface area contributed by atoms with Crippen LogP contribution in [0.1, 0.15) is 35.8 Å². The van der Waals surface area contributed by atoms with Crippen molar-refractivity contribution in [3.05, 3.63) is 61.4 Å². The number of nitrogens with one attached hydrogen (secondary N) is 1. The van der Waals surface area contributed by atoms with Crippen LogP contribution in [0.15, 0.2) is 33.9 Å². The third-order valence-corrected chi connectivity index (χ3v) is 6.30. The second kappa shape index (κ2) is 9.46. The van der Waals surface area contributed by atoms with Gasteiger partial charge in [0.1, 0.15) is 5.69 Å². The number of carbonyl (C=O) groups excluding carboxylic acids is 1. The van der Waals surface area contributed by atoms with Crippen LogP contribution in [0, 0.1) is 0 Å². The van der Waals surface area contributed by atoms with Gasteiger partial charge >= 0.3 is 22.1 Å². The Morgan fingerprint density at radius 2 is 1.84 bits per heavy atom. The Balaban J connectivity index is 2.51. The number of aromatic nitrogens is 2. The minimum Gasteiger partial charge on any atom is -0.292 e. The summed E-state index contributed by atoms with van der Waals surface area (Å²) in [5, 5.41) is -0.200. The topological polar surface area (TPSA) is 110 Å². The highest BCUT2D eigenvalue weighted by Crippen LogP contribution is 2.27. The van der Waals surface area contributed by atoms with Crippen LogP contribution in [0.2, 0.25) is 5.02 Å². The molecule has 0 saturated heterocycles. The van der Waals surface area contributed by atoms with Crippen molar-refractivity contribution < 1.29 is 26.4 Å². The first kappa shape index (κ1) is 25.6. The molecule has 1 heterocycles. The van der Waals surface area contributed by atoms with Gasteiger partial charge in [-0.05, 0) is 24.6 Å². The minimum atomic E-state index is -4.94. The molecule has 2 rings (SSSR count). The zero-order valence-corrected chi connectivity index (χ0v) is 18.8. The number of halogens is 4. The summed E-state index contributed by atoms with van der Waals surface area (Å²) < 4.78 is 67.1. The summed E-state index contributed by atoms with van der Waals surface area (Å²) in [7, 11) is -2.09. The average Bonchev–Trinajstić information content (AvgIpc) is 2.68. The fourth-order valence-corrected chi connectivity index (χ4v) is 3.79. The molecule has 1 amide bonds. The fraction of sp³-hybridized carbons (Fsp3) is 0.389. The highest BCUT2D eigenvalue weighted by atomic mass is 35.5. The van der Waals surface area contributed by atoms with Crippen molar-refractivity contribution >= 4 is 27.7 Å². The summed E-state index contributed by atoms with van der Waals surface area (Å²) in [6, 6.07) is 3.43. The number of benzene rings is 1. The predicted molar refractivity (Wildman–Crippen MR) is 111 cm³/mol. The lowest BCUT2D eigenvalue weighted by Crippen LogP contribution is -2.42. The molecule has 1 N–H and O–H groups in total. The van der Waals surface area contributed by atoms with Crippen molar-refractivity contribution in [2.24, 2.45) is 7.05 Å². The van der Waals surface area contributed by atoms with Gasteiger partial charge < -0.3 is 0 Å². The summed E-state index contributed by atoms with van der Waals surface area (Å²) in [5.41, 5.74) is -4.72. The summed E-state index contributed by atoms with van der Waals surface area (Å²) in [6.45, 7) is 2.02. The minimum absolute atomic E-state index is 0.157. The first-order chi connectivity index (χ1) is 14.7. The second-order valence-corrected chi connectivity index (χ2v) is 9.00. The first-order valence-electron chi connectivity index (χ1n) is 9.19. The van der Waals surface area contributed by atoms with Gasteiger partial charge in [0.05, 0.1) is 16.3 Å². The van der Waals surface area contributed by atoms with E-state index in [1.54, 1.807) is 0 Å². The maximum absolute atomic E-state index is 13.0. The van der Waals surface area contributed by atoms with E-state index in [1.807, 2.05) is 11.6 Å². The Labute approximate surface area is 186 Å². The van der Waals surface area contributed by atoms with E-state index in [9.17, 15) is 36.0 Å². The van der Waals surface area contributed by atoms with E-state index in [-0.39, 0.29) is 27.9 Å². The molecule has 0 fully saturated rings. The number of amides is 1. The molecule has 176 valence electrons. The molecule has 0 bridgehead atoms. The lowest BCUT2D eigenvalue weighted by Gasteiger charge is -2.18. The second-order valence-electron chi connectivity index (χ2n) is 6.82. The lowest BCUT2D eigenvalue weighted by molar-refractivity contribution is -0.144. The molecule has 0 spiro atoms. The molecule has 1 aromatic carbocycles. The van der Waals surface area contributed by atoms with Crippen LogP contribution in [0.5, 0.6) is 0 Å². The van der Waals surface area contributed by atoms with E-state index in [0.717, 1.165) is 36.0 Å². The van der Waals surface area contributed by atoms with Gasteiger partial charge in [-0.25, -0.2) is 14.1 Å². The zero-order valence-electron chi connectivity index (χ0n) is 17.2. The SMILES string of the molecule is CCCCN(C)S(=O)(=O)NC(=O)c1cc(-n2c(=O)cc(C(F)(F)F)n(C)c2=O)ccc1Cl. The van der Waals surface area contributed by atoms with Crippen molar-refractivity contribution in [2.75, 3.05) is 13.6 Å². The number of carbonyl (C=O) groups is 1. The van der Waals surface area contributed by atoms with Crippen molar-refractivity contribution in [1.82, 2.24) is 18.2 Å². The van der Waals surface area contributed by atoms with Gasteiger partial charge in [-0.1, -0.05) is 24.9 Å². The summed E-state index contributed by atoms with van der Waals surface area (Å²) >= 11 is 5.98. The molecule has 0 unspecified atom stereocenters.